The quantitative estimate of drug-likeness (QED) is 0.618. The fourth-order valence-corrected chi connectivity index (χ4v) is 3.48. The third-order valence-corrected chi connectivity index (χ3v) is 5.02. The summed E-state index contributed by atoms with van der Waals surface area (Å²) in [6.07, 6.45) is -3.24. The summed E-state index contributed by atoms with van der Waals surface area (Å²) in [5, 5.41) is 41.3. The number of hydrogen-bond donors (Lipinski definition) is 3. The second-order valence-electron chi connectivity index (χ2n) is 6.69. The lowest BCUT2D eigenvalue weighted by atomic mass is 9.98. The number of aromatic nitrogens is 3. The molecule has 28 heavy (non-hydrogen) atoms. The molecule has 1 saturated heterocycles. The van der Waals surface area contributed by atoms with Gasteiger partial charge in [0.25, 0.3) is 0 Å². The second-order valence-corrected chi connectivity index (χ2v) is 6.69. The minimum absolute atomic E-state index is 0.199. The van der Waals surface area contributed by atoms with E-state index in [1.54, 1.807) is 22.9 Å². The van der Waals surface area contributed by atoms with Gasteiger partial charge in [-0.05, 0) is 30.7 Å². The summed E-state index contributed by atoms with van der Waals surface area (Å²) in [6.45, 7) is 1.82. The lowest BCUT2D eigenvalue weighted by Gasteiger charge is -2.21. The molecule has 1 aliphatic heterocycles. The molecule has 3 aromatic rings. The van der Waals surface area contributed by atoms with Crippen molar-refractivity contribution in [1.29, 1.82) is 5.26 Å². The number of hydrogen-bond acceptors (Lipinski definition) is 7. The highest BCUT2D eigenvalue weighted by molar-refractivity contribution is 5.78. The van der Waals surface area contributed by atoms with E-state index in [0.29, 0.717) is 5.65 Å². The first-order valence-electron chi connectivity index (χ1n) is 8.59. The van der Waals surface area contributed by atoms with Crippen molar-refractivity contribution in [3.05, 3.63) is 59.4 Å². The van der Waals surface area contributed by atoms with E-state index in [1.807, 2.05) is 6.92 Å². The van der Waals surface area contributed by atoms with Crippen LogP contribution in [0.3, 0.4) is 0 Å². The normalized spacial score (nSPS) is 25.7. The molecule has 0 aliphatic carbocycles. The van der Waals surface area contributed by atoms with E-state index in [0.717, 1.165) is 17.1 Å². The number of nitriles is 1. The van der Waals surface area contributed by atoms with Crippen molar-refractivity contribution in [3.63, 3.8) is 0 Å². The van der Waals surface area contributed by atoms with Crippen molar-refractivity contribution in [2.75, 3.05) is 0 Å². The second kappa shape index (κ2) is 6.92. The zero-order valence-electron chi connectivity index (χ0n) is 14.8. The number of fused-ring (bicyclic) bond motifs is 1. The molecule has 0 saturated carbocycles. The van der Waals surface area contributed by atoms with Crippen LogP contribution in [0.4, 0.5) is 4.39 Å². The average Bonchev–Trinajstić information content (AvgIpc) is 3.24. The summed E-state index contributed by atoms with van der Waals surface area (Å²) in [7, 11) is 0. The van der Waals surface area contributed by atoms with E-state index in [1.165, 1.54) is 18.5 Å². The van der Waals surface area contributed by atoms with Crippen LogP contribution in [0.5, 0.6) is 0 Å². The Hall–Kier alpha value is -2.90. The molecule has 9 heteroatoms. The highest BCUT2D eigenvalue weighted by Crippen LogP contribution is 2.37. The Kier molecular flexibility index (Phi) is 4.56. The fourth-order valence-electron chi connectivity index (χ4n) is 3.48. The molecular weight excluding hydrogens is 367 g/mol. The van der Waals surface area contributed by atoms with Crippen LogP contribution in [0.25, 0.3) is 11.0 Å². The van der Waals surface area contributed by atoms with Gasteiger partial charge in [0.1, 0.15) is 48.3 Å². The maximum absolute atomic E-state index is 13.5. The van der Waals surface area contributed by atoms with Gasteiger partial charge in [-0.2, -0.15) is 5.26 Å². The molecule has 3 heterocycles. The summed E-state index contributed by atoms with van der Waals surface area (Å²) in [5.74, 6) is -0.710. The molecule has 144 valence electrons. The molecule has 1 aromatic carbocycles. The first kappa shape index (κ1) is 18.5. The van der Waals surface area contributed by atoms with Gasteiger partial charge in [-0.15, -0.1) is 0 Å². The van der Waals surface area contributed by atoms with Gasteiger partial charge in [-0.3, -0.25) is 0 Å². The van der Waals surface area contributed by atoms with Crippen LogP contribution in [0, 0.1) is 24.1 Å². The minimum Gasteiger partial charge on any atom is -0.387 e. The van der Waals surface area contributed by atoms with Gasteiger partial charge >= 0.3 is 0 Å². The van der Waals surface area contributed by atoms with Gasteiger partial charge in [-0.25, -0.2) is 14.4 Å². The van der Waals surface area contributed by atoms with Crippen LogP contribution in [-0.2, 0) is 4.74 Å². The molecule has 0 spiro atoms. The van der Waals surface area contributed by atoms with Gasteiger partial charge in [0.2, 0.25) is 0 Å². The standard InChI is InChI=1S/C19H17FN4O4/c1-9-12-4-5-24(18(12)23-8-22-9)19-16(27)15(26)17(28-19)14(25)10-2-3-13(20)11(6-10)7-21/h2-6,8,14-17,19,25-27H,1H3/t14?,15-,16+,17+,19+/m0/s1. The number of rotatable bonds is 3. The first-order valence-corrected chi connectivity index (χ1v) is 8.59. The zero-order chi connectivity index (χ0) is 20.0. The summed E-state index contributed by atoms with van der Waals surface area (Å²) >= 11 is 0. The van der Waals surface area contributed by atoms with Gasteiger partial charge in [0.05, 0.1) is 11.3 Å². The maximum Gasteiger partial charge on any atom is 0.164 e. The van der Waals surface area contributed by atoms with Crippen molar-refractivity contribution in [1.82, 2.24) is 14.5 Å². The van der Waals surface area contributed by atoms with Crippen molar-refractivity contribution in [2.45, 2.75) is 37.6 Å². The van der Waals surface area contributed by atoms with Crippen molar-refractivity contribution in [2.24, 2.45) is 0 Å². The van der Waals surface area contributed by atoms with E-state index in [2.05, 4.69) is 9.97 Å². The van der Waals surface area contributed by atoms with Crippen molar-refractivity contribution in [3.8, 4) is 6.07 Å². The smallest absolute Gasteiger partial charge is 0.164 e. The molecule has 1 aliphatic rings. The SMILES string of the molecule is Cc1ncnc2c1ccn2[C@@H]1O[C@H](C(O)c2ccc(F)c(C#N)c2)[C@@H](O)[C@H]1O. The lowest BCUT2D eigenvalue weighted by Crippen LogP contribution is -2.34. The number of aliphatic hydroxyl groups excluding tert-OH is 3. The molecule has 2 aromatic heterocycles. The van der Waals surface area contributed by atoms with Crippen LogP contribution in [0.2, 0.25) is 0 Å². The highest BCUT2D eigenvalue weighted by Gasteiger charge is 2.47. The van der Waals surface area contributed by atoms with Crippen LogP contribution < -0.4 is 0 Å². The Morgan fingerprint density at radius 2 is 2.04 bits per heavy atom. The van der Waals surface area contributed by atoms with Gasteiger partial charge < -0.3 is 24.6 Å². The van der Waals surface area contributed by atoms with E-state index in [4.69, 9.17) is 10.00 Å². The summed E-state index contributed by atoms with van der Waals surface area (Å²) < 4.78 is 20.9. The number of ether oxygens (including phenoxy) is 1. The summed E-state index contributed by atoms with van der Waals surface area (Å²) in [5.41, 5.74) is 1.24. The van der Waals surface area contributed by atoms with Crippen LogP contribution in [0.15, 0.2) is 36.8 Å². The summed E-state index contributed by atoms with van der Waals surface area (Å²) in [6, 6.07) is 7.03. The zero-order valence-corrected chi connectivity index (χ0v) is 14.8. The van der Waals surface area contributed by atoms with Crippen LogP contribution in [-0.4, -0.2) is 48.2 Å². The third kappa shape index (κ3) is 2.83. The Bertz CT molecular complexity index is 1080. The Morgan fingerprint density at radius 1 is 1.25 bits per heavy atom. The largest absolute Gasteiger partial charge is 0.387 e. The molecule has 8 nitrogen and oxygen atoms in total. The predicted octanol–water partition coefficient (Wildman–Crippen LogP) is 1.10. The molecule has 0 amide bonds. The number of halogens is 1. The molecule has 0 radical (unpaired) electrons. The van der Waals surface area contributed by atoms with Crippen molar-refractivity contribution < 1.29 is 24.4 Å². The molecule has 3 N–H and O–H groups in total. The van der Waals surface area contributed by atoms with E-state index in [-0.39, 0.29) is 11.1 Å². The topological polar surface area (TPSA) is 124 Å². The number of nitrogens with zero attached hydrogens (tertiary/aromatic N) is 4. The monoisotopic (exact) mass is 384 g/mol. The number of aliphatic hydroxyl groups is 3. The molecule has 4 rings (SSSR count). The van der Waals surface area contributed by atoms with Crippen LogP contribution in [0.1, 0.15) is 29.2 Å². The Balaban J connectivity index is 1.66. The minimum atomic E-state index is -1.41. The van der Waals surface area contributed by atoms with Gasteiger partial charge in [-0.1, -0.05) is 6.07 Å². The number of aryl methyl sites for hydroxylation is 1. The fraction of sp³-hybridized carbons (Fsp3) is 0.316. The molecule has 1 unspecified atom stereocenters. The Labute approximate surface area is 159 Å². The molecule has 0 bridgehead atoms. The van der Waals surface area contributed by atoms with Gasteiger partial charge in [0.15, 0.2) is 6.23 Å². The third-order valence-electron chi connectivity index (χ3n) is 5.02. The summed E-state index contributed by atoms with van der Waals surface area (Å²) in [4.78, 5) is 8.32. The van der Waals surface area contributed by atoms with Crippen LogP contribution >= 0.6 is 0 Å². The Morgan fingerprint density at radius 3 is 2.79 bits per heavy atom. The number of benzene rings is 1. The predicted molar refractivity (Wildman–Crippen MR) is 94.3 cm³/mol. The molecule has 5 atom stereocenters. The first-order chi connectivity index (χ1) is 13.4. The van der Waals surface area contributed by atoms with E-state index >= 15 is 0 Å². The molecule has 1 fully saturated rings. The molecular formula is C19H17FN4O4. The van der Waals surface area contributed by atoms with Crippen molar-refractivity contribution >= 4 is 11.0 Å². The lowest BCUT2D eigenvalue weighted by molar-refractivity contribution is -0.0848. The average molecular weight is 384 g/mol. The van der Waals surface area contributed by atoms with E-state index < -0.39 is 36.5 Å². The highest BCUT2D eigenvalue weighted by atomic mass is 19.1. The van der Waals surface area contributed by atoms with E-state index in [9.17, 15) is 19.7 Å². The van der Waals surface area contributed by atoms with Gasteiger partial charge in [0, 0.05) is 11.6 Å². The maximum atomic E-state index is 13.5.